The number of halogens is 1. The zero-order chi connectivity index (χ0) is 13.8. The molecule has 0 amide bonds. The summed E-state index contributed by atoms with van der Waals surface area (Å²) in [7, 11) is 0. The lowest BCUT2D eigenvalue weighted by Gasteiger charge is -2.19. The first kappa shape index (κ1) is 14.3. The molecule has 0 saturated carbocycles. The molecule has 1 aliphatic rings. The number of nitrogens with zero attached hydrogens (tertiary/aromatic N) is 2. The van der Waals surface area contributed by atoms with Crippen LogP contribution in [0.4, 0.5) is 0 Å². The number of aromatic nitrogens is 2. The van der Waals surface area contributed by atoms with Crippen LogP contribution in [0, 0.1) is 0 Å². The van der Waals surface area contributed by atoms with Gasteiger partial charge in [0, 0.05) is 28.0 Å². The van der Waals surface area contributed by atoms with E-state index >= 15 is 0 Å². The lowest BCUT2D eigenvalue weighted by atomic mass is 10.3. The van der Waals surface area contributed by atoms with Crippen LogP contribution in [0.5, 0.6) is 0 Å². The lowest BCUT2D eigenvalue weighted by Crippen LogP contribution is -2.30. The molecule has 20 heavy (non-hydrogen) atoms. The molecule has 1 atom stereocenters. The molecule has 1 unspecified atom stereocenters. The second-order valence-electron chi connectivity index (χ2n) is 4.37. The van der Waals surface area contributed by atoms with Crippen molar-refractivity contribution in [2.45, 2.75) is 16.7 Å². The summed E-state index contributed by atoms with van der Waals surface area (Å²) >= 11 is 9.44. The second-order valence-corrected chi connectivity index (χ2v) is 7.01. The molecule has 1 saturated heterocycles. The van der Waals surface area contributed by atoms with Crippen LogP contribution in [0.2, 0.25) is 5.02 Å². The number of hydrogen-bond donors (Lipinski definition) is 1. The van der Waals surface area contributed by atoms with Crippen LogP contribution < -0.4 is 5.32 Å². The molecule has 3 rings (SSSR count). The molecule has 0 radical (unpaired) electrons. The van der Waals surface area contributed by atoms with Crippen LogP contribution in [0.3, 0.4) is 0 Å². The highest BCUT2D eigenvalue weighted by molar-refractivity contribution is 7.99. The molecule has 1 fully saturated rings. The van der Waals surface area contributed by atoms with Crippen molar-refractivity contribution in [3.05, 3.63) is 41.0 Å². The predicted octanol–water partition coefficient (Wildman–Crippen LogP) is 3.39. The molecule has 106 valence electrons. The summed E-state index contributed by atoms with van der Waals surface area (Å²) in [6.45, 7) is 0.993. The van der Waals surface area contributed by atoms with E-state index in [-0.39, 0.29) is 6.04 Å². The maximum absolute atomic E-state index is 5.86. The Morgan fingerprint density at radius 3 is 3.00 bits per heavy atom. The fraction of sp³-hybridized carbons (Fsp3) is 0.385. The summed E-state index contributed by atoms with van der Waals surface area (Å²) in [5, 5.41) is 8.18. The van der Waals surface area contributed by atoms with E-state index in [4.69, 9.17) is 16.1 Å². The first-order chi connectivity index (χ1) is 9.81. The van der Waals surface area contributed by atoms with E-state index in [1.807, 2.05) is 36.0 Å². The van der Waals surface area contributed by atoms with Crippen molar-refractivity contribution >= 4 is 35.1 Å². The van der Waals surface area contributed by atoms with Gasteiger partial charge in [0.05, 0.1) is 11.8 Å². The minimum atomic E-state index is 0.190. The normalized spacial score (nSPS) is 19.1. The fourth-order valence-corrected chi connectivity index (χ4v) is 3.66. The quantitative estimate of drug-likeness (QED) is 0.869. The molecule has 0 spiro atoms. The van der Waals surface area contributed by atoms with Gasteiger partial charge in [0.25, 0.3) is 0 Å². The molecule has 1 aromatic heterocycles. The Morgan fingerprint density at radius 2 is 2.25 bits per heavy atom. The van der Waals surface area contributed by atoms with Crippen LogP contribution in [0.1, 0.15) is 17.8 Å². The van der Waals surface area contributed by atoms with Crippen molar-refractivity contribution in [3.63, 3.8) is 0 Å². The molecule has 1 aliphatic heterocycles. The maximum Gasteiger partial charge on any atom is 0.244 e. The van der Waals surface area contributed by atoms with E-state index in [0.29, 0.717) is 11.6 Å². The van der Waals surface area contributed by atoms with Crippen molar-refractivity contribution in [1.29, 1.82) is 0 Å². The molecular weight excluding hydrogens is 314 g/mol. The van der Waals surface area contributed by atoms with E-state index in [1.54, 1.807) is 11.8 Å². The zero-order valence-corrected chi connectivity index (χ0v) is 13.1. The third-order valence-corrected chi connectivity index (χ3v) is 5.21. The molecule has 1 aromatic carbocycles. The standard InChI is InChI=1S/C13H14ClN3OS2/c14-9-1-3-10(4-2-9)20-8-12-16-13(18-17-12)11-7-19-6-5-15-11/h1-4,11,15H,5-8H2. The first-order valence-corrected chi connectivity index (χ1v) is 8.85. The van der Waals surface area contributed by atoms with Gasteiger partial charge in [-0.3, -0.25) is 0 Å². The van der Waals surface area contributed by atoms with Gasteiger partial charge in [0.2, 0.25) is 5.89 Å². The Hall–Kier alpha value is -0.690. The summed E-state index contributed by atoms with van der Waals surface area (Å²) in [5.41, 5.74) is 0. The third-order valence-electron chi connectivity index (χ3n) is 2.89. The number of rotatable bonds is 4. The van der Waals surface area contributed by atoms with Crippen molar-refractivity contribution in [3.8, 4) is 0 Å². The minimum absolute atomic E-state index is 0.190. The van der Waals surface area contributed by atoms with E-state index in [1.165, 1.54) is 0 Å². The Morgan fingerprint density at radius 1 is 1.40 bits per heavy atom. The molecule has 2 heterocycles. The Kier molecular flexibility index (Phi) is 4.88. The number of nitrogens with one attached hydrogen (secondary N) is 1. The fourth-order valence-electron chi connectivity index (χ4n) is 1.87. The SMILES string of the molecule is Clc1ccc(SCc2noc(C3CSCCN3)n2)cc1. The highest BCUT2D eigenvalue weighted by Crippen LogP contribution is 2.25. The highest BCUT2D eigenvalue weighted by atomic mass is 35.5. The van der Waals surface area contributed by atoms with Gasteiger partial charge in [-0.15, -0.1) is 11.8 Å². The molecule has 0 aliphatic carbocycles. The van der Waals surface area contributed by atoms with Gasteiger partial charge in [-0.05, 0) is 24.3 Å². The average molecular weight is 328 g/mol. The van der Waals surface area contributed by atoms with Gasteiger partial charge in [0.1, 0.15) is 0 Å². The summed E-state index contributed by atoms with van der Waals surface area (Å²) in [6.07, 6.45) is 0. The van der Waals surface area contributed by atoms with E-state index < -0.39 is 0 Å². The highest BCUT2D eigenvalue weighted by Gasteiger charge is 2.21. The lowest BCUT2D eigenvalue weighted by molar-refractivity contribution is 0.339. The number of thioether (sulfide) groups is 2. The Labute approximate surface area is 131 Å². The van der Waals surface area contributed by atoms with E-state index in [9.17, 15) is 0 Å². The van der Waals surface area contributed by atoms with Crippen molar-refractivity contribution in [1.82, 2.24) is 15.5 Å². The van der Waals surface area contributed by atoms with Gasteiger partial charge in [-0.1, -0.05) is 16.8 Å². The predicted molar refractivity (Wildman–Crippen MR) is 83.4 cm³/mol. The summed E-state index contributed by atoms with van der Waals surface area (Å²) < 4.78 is 5.34. The largest absolute Gasteiger partial charge is 0.338 e. The van der Waals surface area contributed by atoms with Gasteiger partial charge >= 0.3 is 0 Å². The summed E-state index contributed by atoms with van der Waals surface area (Å²) in [6, 6.07) is 7.94. The van der Waals surface area contributed by atoms with Gasteiger partial charge in [0.15, 0.2) is 5.82 Å². The van der Waals surface area contributed by atoms with Crippen LogP contribution in [0.25, 0.3) is 0 Å². The average Bonchev–Trinajstić information content (AvgIpc) is 2.97. The third kappa shape index (κ3) is 3.69. The van der Waals surface area contributed by atoms with Crippen LogP contribution in [0.15, 0.2) is 33.7 Å². The number of hydrogen-bond acceptors (Lipinski definition) is 6. The smallest absolute Gasteiger partial charge is 0.244 e. The summed E-state index contributed by atoms with van der Waals surface area (Å²) in [5.74, 6) is 4.27. The molecule has 4 nitrogen and oxygen atoms in total. The molecular formula is C13H14ClN3OS2. The van der Waals surface area contributed by atoms with E-state index in [2.05, 4.69) is 15.5 Å². The van der Waals surface area contributed by atoms with Gasteiger partial charge < -0.3 is 9.84 Å². The van der Waals surface area contributed by atoms with Crippen LogP contribution in [-0.2, 0) is 5.75 Å². The van der Waals surface area contributed by atoms with E-state index in [0.717, 1.165) is 33.8 Å². The Balaban J connectivity index is 1.58. The summed E-state index contributed by atoms with van der Waals surface area (Å²) in [4.78, 5) is 5.61. The molecule has 1 N–H and O–H groups in total. The van der Waals surface area contributed by atoms with Crippen molar-refractivity contribution < 1.29 is 4.52 Å². The maximum atomic E-state index is 5.86. The van der Waals surface area contributed by atoms with Crippen molar-refractivity contribution in [2.24, 2.45) is 0 Å². The minimum Gasteiger partial charge on any atom is -0.338 e. The zero-order valence-electron chi connectivity index (χ0n) is 10.7. The topological polar surface area (TPSA) is 51.0 Å². The van der Waals surface area contributed by atoms with Crippen LogP contribution in [-0.4, -0.2) is 28.2 Å². The van der Waals surface area contributed by atoms with Crippen LogP contribution >= 0.6 is 35.1 Å². The van der Waals surface area contributed by atoms with Gasteiger partial charge in [-0.2, -0.15) is 16.7 Å². The van der Waals surface area contributed by atoms with Crippen molar-refractivity contribution in [2.75, 3.05) is 18.1 Å². The molecule has 7 heteroatoms. The molecule has 0 bridgehead atoms. The second kappa shape index (κ2) is 6.85. The monoisotopic (exact) mass is 327 g/mol. The number of benzene rings is 1. The first-order valence-electron chi connectivity index (χ1n) is 6.33. The molecule has 2 aromatic rings. The Bertz CT molecular complexity index is 555. The van der Waals surface area contributed by atoms with Gasteiger partial charge in [-0.25, -0.2) is 0 Å².